The maximum atomic E-state index is 12.5. The Labute approximate surface area is 179 Å². The molecule has 0 fully saturated rings. The van der Waals surface area contributed by atoms with Crippen molar-refractivity contribution in [3.63, 3.8) is 0 Å². The van der Waals surface area contributed by atoms with Gasteiger partial charge in [0, 0.05) is 17.7 Å². The zero-order valence-corrected chi connectivity index (χ0v) is 17.5. The Morgan fingerprint density at radius 2 is 1.90 bits per heavy atom. The molecule has 0 saturated heterocycles. The summed E-state index contributed by atoms with van der Waals surface area (Å²) in [6.45, 7) is 5.09. The molecule has 160 valence electrons. The first-order valence-corrected chi connectivity index (χ1v) is 9.24. The number of carbonyl (C=O) groups excluding carboxylic acids is 2. The van der Waals surface area contributed by atoms with E-state index in [9.17, 15) is 25.0 Å². The standard InChI is InChI=1S/C22H21N3O6/c1-13(2)24-21(26)17(12-23)10-15-5-8-19(20(11-15)30-4)31-22(27)16-6-7-18(25(28)29)14(3)9-16/h5-11,13H,1-4H3,(H,24,26)/b17-10+. The SMILES string of the molecule is COc1cc(/C=C(\C#N)C(=O)NC(C)C)ccc1OC(=O)c1ccc([N+](=O)[O-])c(C)c1. The van der Waals surface area contributed by atoms with Crippen molar-refractivity contribution in [2.45, 2.75) is 26.8 Å². The predicted molar refractivity (Wildman–Crippen MR) is 113 cm³/mol. The first-order valence-electron chi connectivity index (χ1n) is 9.24. The van der Waals surface area contributed by atoms with Crippen LogP contribution >= 0.6 is 0 Å². The maximum Gasteiger partial charge on any atom is 0.343 e. The van der Waals surface area contributed by atoms with Crippen molar-refractivity contribution in [2.24, 2.45) is 0 Å². The fourth-order valence-corrected chi connectivity index (χ4v) is 2.66. The number of hydrogen-bond donors (Lipinski definition) is 1. The van der Waals surface area contributed by atoms with E-state index in [0.29, 0.717) is 11.1 Å². The molecule has 2 aromatic carbocycles. The third-order valence-electron chi connectivity index (χ3n) is 4.12. The zero-order valence-electron chi connectivity index (χ0n) is 17.5. The molecule has 0 aromatic heterocycles. The van der Waals surface area contributed by atoms with Gasteiger partial charge in [-0.3, -0.25) is 14.9 Å². The molecule has 0 unspecified atom stereocenters. The highest BCUT2D eigenvalue weighted by molar-refractivity contribution is 6.01. The summed E-state index contributed by atoms with van der Waals surface area (Å²) in [5.74, 6) is -0.887. The molecule has 0 spiro atoms. The van der Waals surface area contributed by atoms with E-state index >= 15 is 0 Å². The van der Waals surface area contributed by atoms with E-state index in [1.165, 1.54) is 50.4 Å². The van der Waals surface area contributed by atoms with E-state index in [2.05, 4.69) is 5.32 Å². The minimum absolute atomic E-state index is 0.0816. The van der Waals surface area contributed by atoms with Gasteiger partial charge in [0.25, 0.3) is 11.6 Å². The predicted octanol–water partition coefficient (Wildman–Crippen LogP) is 3.56. The maximum absolute atomic E-state index is 12.5. The number of nitrogens with zero attached hydrogens (tertiary/aromatic N) is 2. The molecule has 31 heavy (non-hydrogen) atoms. The Bertz CT molecular complexity index is 1100. The molecule has 0 saturated carbocycles. The van der Waals surface area contributed by atoms with Gasteiger partial charge in [-0.1, -0.05) is 6.07 Å². The van der Waals surface area contributed by atoms with E-state index in [4.69, 9.17) is 9.47 Å². The average molecular weight is 423 g/mol. The third kappa shape index (κ3) is 5.90. The van der Waals surface area contributed by atoms with Crippen LogP contribution in [0.4, 0.5) is 5.69 Å². The summed E-state index contributed by atoms with van der Waals surface area (Å²) in [4.78, 5) is 34.9. The average Bonchev–Trinajstić information content (AvgIpc) is 2.71. The van der Waals surface area contributed by atoms with Crippen LogP contribution in [0.5, 0.6) is 11.5 Å². The fourth-order valence-electron chi connectivity index (χ4n) is 2.66. The molecule has 2 rings (SSSR count). The molecule has 0 aliphatic carbocycles. The fraction of sp³-hybridized carbons (Fsp3) is 0.227. The van der Waals surface area contributed by atoms with Crippen molar-refractivity contribution in [1.29, 1.82) is 5.26 Å². The van der Waals surface area contributed by atoms with Crippen LogP contribution in [-0.2, 0) is 4.79 Å². The highest BCUT2D eigenvalue weighted by Crippen LogP contribution is 2.30. The monoisotopic (exact) mass is 423 g/mol. The molecule has 0 radical (unpaired) electrons. The number of nitro benzene ring substituents is 1. The number of hydrogen-bond acceptors (Lipinski definition) is 7. The first kappa shape index (κ1) is 23.1. The van der Waals surface area contributed by atoms with Gasteiger partial charge in [-0.2, -0.15) is 5.26 Å². The number of aryl methyl sites for hydroxylation is 1. The number of nitro groups is 1. The largest absolute Gasteiger partial charge is 0.493 e. The molecule has 2 aromatic rings. The summed E-state index contributed by atoms with van der Waals surface area (Å²) in [6.07, 6.45) is 1.39. The number of esters is 1. The summed E-state index contributed by atoms with van der Waals surface area (Å²) in [5, 5.41) is 22.8. The van der Waals surface area contributed by atoms with E-state index in [1.807, 2.05) is 6.07 Å². The number of nitrogens with one attached hydrogen (secondary N) is 1. The van der Waals surface area contributed by atoms with Crippen molar-refractivity contribution in [2.75, 3.05) is 7.11 Å². The highest BCUT2D eigenvalue weighted by Gasteiger charge is 2.17. The van der Waals surface area contributed by atoms with Crippen LogP contribution in [0.2, 0.25) is 0 Å². The molecule has 1 N–H and O–H groups in total. The van der Waals surface area contributed by atoms with Crippen molar-refractivity contribution in [1.82, 2.24) is 5.32 Å². The lowest BCUT2D eigenvalue weighted by atomic mass is 10.1. The van der Waals surface area contributed by atoms with Crippen molar-refractivity contribution < 1.29 is 24.0 Å². The molecule has 0 heterocycles. The number of carbonyl (C=O) groups is 2. The molecular formula is C22H21N3O6. The molecule has 0 aliphatic rings. The Hall–Kier alpha value is -4.19. The number of nitriles is 1. The first-order chi connectivity index (χ1) is 14.7. The second-order valence-corrected chi connectivity index (χ2v) is 6.86. The lowest BCUT2D eigenvalue weighted by molar-refractivity contribution is -0.385. The van der Waals surface area contributed by atoms with Gasteiger partial charge in [0.15, 0.2) is 11.5 Å². The van der Waals surface area contributed by atoms with Crippen LogP contribution < -0.4 is 14.8 Å². The molecule has 9 nitrogen and oxygen atoms in total. The number of rotatable bonds is 7. The number of benzene rings is 2. The Morgan fingerprint density at radius 1 is 1.19 bits per heavy atom. The van der Waals surface area contributed by atoms with Crippen molar-refractivity contribution in [3.05, 3.63) is 68.8 Å². The van der Waals surface area contributed by atoms with E-state index in [1.54, 1.807) is 19.9 Å². The van der Waals surface area contributed by atoms with Crippen LogP contribution in [0.15, 0.2) is 42.0 Å². The molecule has 1 amide bonds. The van der Waals surface area contributed by atoms with Gasteiger partial charge in [-0.05, 0) is 56.7 Å². The number of amides is 1. The van der Waals surface area contributed by atoms with Gasteiger partial charge in [0.1, 0.15) is 11.6 Å². The summed E-state index contributed by atoms with van der Waals surface area (Å²) in [7, 11) is 1.38. The smallest absolute Gasteiger partial charge is 0.343 e. The van der Waals surface area contributed by atoms with Gasteiger partial charge in [-0.25, -0.2) is 4.79 Å². The summed E-state index contributed by atoms with van der Waals surface area (Å²) >= 11 is 0. The second kappa shape index (κ2) is 10.0. The molecular weight excluding hydrogens is 402 g/mol. The normalized spacial score (nSPS) is 10.9. The highest BCUT2D eigenvalue weighted by atomic mass is 16.6. The lowest BCUT2D eigenvalue weighted by Crippen LogP contribution is -2.30. The molecule has 0 atom stereocenters. The number of methoxy groups -OCH3 is 1. The molecule has 9 heteroatoms. The molecule has 0 aliphatic heterocycles. The van der Waals surface area contributed by atoms with Gasteiger partial charge < -0.3 is 14.8 Å². The lowest BCUT2D eigenvalue weighted by Gasteiger charge is -2.11. The molecule has 0 bridgehead atoms. The van der Waals surface area contributed by atoms with Crippen LogP contribution in [0.3, 0.4) is 0 Å². The Kier molecular flexibility index (Phi) is 7.47. The van der Waals surface area contributed by atoms with Crippen LogP contribution in [0.25, 0.3) is 6.08 Å². The topological polar surface area (TPSA) is 132 Å². The minimum Gasteiger partial charge on any atom is -0.493 e. The third-order valence-corrected chi connectivity index (χ3v) is 4.12. The Morgan fingerprint density at radius 3 is 2.45 bits per heavy atom. The van der Waals surface area contributed by atoms with Gasteiger partial charge in [0.2, 0.25) is 0 Å². The number of ether oxygens (including phenoxy) is 2. The van der Waals surface area contributed by atoms with Crippen LogP contribution in [0, 0.1) is 28.4 Å². The van der Waals surface area contributed by atoms with E-state index in [0.717, 1.165) is 0 Å². The Balaban J connectivity index is 2.27. The minimum atomic E-state index is -0.714. The van der Waals surface area contributed by atoms with E-state index in [-0.39, 0.29) is 34.4 Å². The van der Waals surface area contributed by atoms with Crippen LogP contribution in [-0.4, -0.2) is 30.0 Å². The van der Waals surface area contributed by atoms with Gasteiger partial charge >= 0.3 is 5.97 Å². The van der Waals surface area contributed by atoms with Crippen molar-refractivity contribution >= 4 is 23.6 Å². The quantitative estimate of drug-likeness (QED) is 0.180. The summed E-state index contributed by atoms with van der Waals surface area (Å²) in [5.41, 5.74) is 0.794. The van der Waals surface area contributed by atoms with Crippen LogP contribution in [0.1, 0.15) is 35.3 Å². The van der Waals surface area contributed by atoms with E-state index < -0.39 is 16.8 Å². The van der Waals surface area contributed by atoms with Gasteiger partial charge in [0.05, 0.1) is 17.6 Å². The second-order valence-electron chi connectivity index (χ2n) is 6.86. The zero-order chi connectivity index (χ0) is 23.1. The summed E-state index contributed by atoms with van der Waals surface area (Å²) < 4.78 is 10.6. The summed E-state index contributed by atoms with van der Waals surface area (Å²) in [6, 6.07) is 10.2. The van der Waals surface area contributed by atoms with Crippen molar-refractivity contribution in [3.8, 4) is 17.6 Å². The van der Waals surface area contributed by atoms with Gasteiger partial charge in [-0.15, -0.1) is 0 Å².